The molecular weight excluding hydrogens is 555 g/mol. The average molecular weight is 597 g/mol. The molecule has 1 fully saturated rings. The van der Waals surface area contributed by atoms with Gasteiger partial charge in [0.15, 0.2) is 0 Å². The monoisotopic (exact) mass is 596 g/mol. The van der Waals surface area contributed by atoms with Crippen LogP contribution in [0.3, 0.4) is 0 Å². The van der Waals surface area contributed by atoms with Gasteiger partial charge in [0.25, 0.3) is 5.91 Å². The lowest BCUT2D eigenvalue weighted by atomic mass is 9.94. The molecule has 0 bridgehead atoms. The fourth-order valence-electron chi connectivity index (χ4n) is 6.09. The number of carbonyl (C=O) groups is 2. The summed E-state index contributed by atoms with van der Waals surface area (Å²) in [6, 6.07) is 25.6. The molecule has 230 valence electrons. The minimum Gasteiger partial charge on any atom is -0.462 e. The van der Waals surface area contributed by atoms with Crippen molar-refractivity contribution in [1.82, 2.24) is 4.57 Å². The van der Waals surface area contributed by atoms with Crippen molar-refractivity contribution in [2.75, 3.05) is 5.32 Å². The van der Waals surface area contributed by atoms with Crippen LogP contribution in [0.4, 0.5) is 10.1 Å². The third-order valence-electron chi connectivity index (χ3n) is 7.70. The fraction of sp³-hybridized carbons (Fsp3) is 0.351. The van der Waals surface area contributed by atoms with Gasteiger partial charge in [-0.15, -0.1) is 0 Å². The molecule has 1 N–H and O–H groups in total. The van der Waals surface area contributed by atoms with Crippen molar-refractivity contribution in [3.05, 3.63) is 102 Å². The predicted molar refractivity (Wildman–Crippen MR) is 172 cm³/mol. The topological polar surface area (TPSA) is 69.6 Å². The molecule has 0 aliphatic carbocycles. The molecule has 0 unspecified atom stereocenters. The maximum Gasteiger partial charge on any atom is 0.308 e. The van der Waals surface area contributed by atoms with E-state index in [2.05, 4.69) is 23.7 Å². The summed E-state index contributed by atoms with van der Waals surface area (Å²) in [6.07, 6.45) is 0.803. The first-order valence-corrected chi connectivity index (χ1v) is 15.3. The SMILES string of the molecule is CC(C)c1c(C(=O)Nc2ccccc2)c(-c2ccccc2)c(-c2ccc(F)cc2)n1CC[C@@H]1C[C@@H](OC(C)(C)C)CC(=O)O1. The van der Waals surface area contributed by atoms with Crippen LogP contribution in [0.15, 0.2) is 84.9 Å². The van der Waals surface area contributed by atoms with Gasteiger partial charge in [-0.3, -0.25) is 9.59 Å². The van der Waals surface area contributed by atoms with E-state index in [4.69, 9.17) is 9.47 Å². The van der Waals surface area contributed by atoms with Crippen LogP contribution in [-0.4, -0.2) is 34.3 Å². The van der Waals surface area contributed by atoms with E-state index in [9.17, 15) is 14.0 Å². The Hall–Kier alpha value is -4.23. The Kier molecular flexibility index (Phi) is 9.35. The van der Waals surface area contributed by atoms with Gasteiger partial charge in [-0.1, -0.05) is 62.4 Å². The van der Waals surface area contributed by atoms with Gasteiger partial charge in [0.2, 0.25) is 0 Å². The van der Waals surface area contributed by atoms with Gasteiger partial charge in [0, 0.05) is 36.3 Å². The highest BCUT2D eigenvalue weighted by molar-refractivity contribution is 6.12. The zero-order valence-corrected chi connectivity index (χ0v) is 26.1. The van der Waals surface area contributed by atoms with E-state index in [1.165, 1.54) is 12.1 Å². The molecule has 1 aliphatic rings. The maximum absolute atomic E-state index is 14.2. The second-order valence-corrected chi connectivity index (χ2v) is 12.7. The minimum atomic E-state index is -0.376. The number of esters is 1. The first-order valence-electron chi connectivity index (χ1n) is 15.3. The molecule has 0 radical (unpaired) electrons. The van der Waals surface area contributed by atoms with Gasteiger partial charge >= 0.3 is 5.97 Å². The lowest BCUT2D eigenvalue weighted by Crippen LogP contribution is -2.38. The summed E-state index contributed by atoms with van der Waals surface area (Å²) >= 11 is 0. The van der Waals surface area contributed by atoms with Crippen molar-refractivity contribution >= 4 is 17.6 Å². The van der Waals surface area contributed by atoms with Crippen LogP contribution in [0.1, 0.15) is 75.9 Å². The van der Waals surface area contributed by atoms with E-state index >= 15 is 0 Å². The molecule has 7 heteroatoms. The van der Waals surface area contributed by atoms with Crippen LogP contribution in [-0.2, 0) is 20.8 Å². The zero-order valence-electron chi connectivity index (χ0n) is 26.1. The predicted octanol–water partition coefficient (Wildman–Crippen LogP) is 8.62. The molecule has 4 aromatic rings. The van der Waals surface area contributed by atoms with Gasteiger partial charge < -0.3 is 19.4 Å². The Labute approximate surface area is 259 Å². The molecule has 2 atom stereocenters. The van der Waals surface area contributed by atoms with Crippen molar-refractivity contribution in [1.29, 1.82) is 0 Å². The van der Waals surface area contributed by atoms with E-state index in [0.29, 0.717) is 30.6 Å². The number of nitrogens with zero attached hydrogens (tertiary/aromatic N) is 1. The number of nitrogens with one attached hydrogen (secondary N) is 1. The third kappa shape index (κ3) is 7.28. The molecular formula is C37H41FN2O4. The van der Waals surface area contributed by atoms with E-state index in [0.717, 1.165) is 28.1 Å². The van der Waals surface area contributed by atoms with E-state index < -0.39 is 0 Å². The Morgan fingerprint density at radius 1 is 0.977 bits per heavy atom. The standard InChI is InChI=1S/C37H41FN2O4/c1-24(2)34-33(36(42)39-28-14-10-7-11-15-28)32(25-12-8-6-9-13-25)35(26-16-18-27(38)19-17-26)40(34)21-20-29-22-30(23-31(41)43-29)44-37(3,4)5/h6-19,24,29-30H,20-23H2,1-5H3,(H,39,42)/t29-,30-/m1/s1. The number of ether oxygens (including phenoxy) is 2. The molecule has 44 heavy (non-hydrogen) atoms. The molecule has 2 heterocycles. The summed E-state index contributed by atoms with van der Waals surface area (Å²) in [5.74, 6) is -0.852. The van der Waals surface area contributed by atoms with E-state index in [-0.39, 0.29) is 47.8 Å². The van der Waals surface area contributed by atoms with Crippen LogP contribution in [0.25, 0.3) is 22.4 Å². The third-order valence-corrected chi connectivity index (χ3v) is 7.70. The average Bonchev–Trinajstić information content (AvgIpc) is 3.32. The van der Waals surface area contributed by atoms with Crippen LogP contribution in [0, 0.1) is 5.82 Å². The Bertz CT molecular complexity index is 1590. The smallest absolute Gasteiger partial charge is 0.308 e. The Morgan fingerprint density at radius 2 is 1.61 bits per heavy atom. The summed E-state index contributed by atoms with van der Waals surface area (Å²) in [6.45, 7) is 10.6. The highest BCUT2D eigenvalue weighted by Gasteiger charge is 2.34. The number of amides is 1. The summed E-state index contributed by atoms with van der Waals surface area (Å²) in [7, 11) is 0. The number of anilines is 1. The summed E-state index contributed by atoms with van der Waals surface area (Å²) in [5, 5.41) is 3.11. The van der Waals surface area contributed by atoms with Gasteiger partial charge in [-0.25, -0.2) is 4.39 Å². The number of halogens is 1. The number of aromatic nitrogens is 1. The molecule has 1 amide bonds. The number of rotatable bonds is 9. The second kappa shape index (κ2) is 13.2. The van der Waals surface area contributed by atoms with Gasteiger partial charge in [-0.2, -0.15) is 0 Å². The number of cyclic esters (lactones) is 1. The molecule has 5 rings (SSSR count). The Morgan fingerprint density at radius 3 is 2.23 bits per heavy atom. The first-order chi connectivity index (χ1) is 21.0. The largest absolute Gasteiger partial charge is 0.462 e. The van der Waals surface area contributed by atoms with Crippen LogP contribution in [0.5, 0.6) is 0 Å². The van der Waals surface area contributed by atoms with Crippen molar-refractivity contribution in [3.63, 3.8) is 0 Å². The number of carbonyl (C=O) groups excluding carboxylic acids is 2. The molecule has 1 saturated heterocycles. The lowest BCUT2D eigenvalue weighted by molar-refractivity contribution is -0.170. The molecule has 0 spiro atoms. The summed E-state index contributed by atoms with van der Waals surface area (Å²) in [5.41, 5.74) is 5.03. The number of para-hydroxylation sites is 1. The summed E-state index contributed by atoms with van der Waals surface area (Å²) in [4.78, 5) is 26.8. The van der Waals surface area contributed by atoms with Crippen LogP contribution in [0.2, 0.25) is 0 Å². The van der Waals surface area contributed by atoms with Crippen LogP contribution < -0.4 is 5.32 Å². The van der Waals surface area contributed by atoms with Crippen molar-refractivity contribution in [2.24, 2.45) is 0 Å². The normalized spacial score (nSPS) is 17.0. The number of benzene rings is 3. The highest BCUT2D eigenvalue weighted by atomic mass is 19.1. The van der Waals surface area contributed by atoms with Crippen molar-refractivity contribution < 1.29 is 23.5 Å². The van der Waals surface area contributed by atoms with Crippen molar-refractivity contribution in [2.45, 2.75) is 84.2 Å². The molecule has 3 aromatic carbocycles. The first kappa shape index (κ1) is 31.2. The molecule has 6 nitrogen and oxygen atoms in total. The van der Waals surface area contributed by atoms with E-state index in [1.807, 2.05) is 81.4 Å². The Balaban J connectivity index is 1.64. The van der Waals surface area contributed by atoms with E-state index in [1.54, 1.807) is 12.1 Å². The van der Waals surface area contributed by atoms with Gasteiger partial charge in [0.1, 0.15) is 11.9 Å². The van der Waals surface area contributed by atoms with Gasteiger partial charge in [-0.05, 0) is 74.2 Å². The summed E-state index contributed by atoms with van der Waals surface area (Å²) < 4.78 is 28.3. The quantitative estimate of drug-likeness (QED) is 0.196. The van der Waals surface area contributed by atoms with Gasteiger partial charge in [0.05, 0.1) is 29.4 Å². The zero-order chi connectivity index (χ0) is 31.4. The molecule has 0 saturated carbocycles. The fourth-order valence-corrected chi connectivity index (χ4v) is 6.09. The number of hydrogen-bond acceptors (Lipinski definition) is 4. The van der Waals surface area contributed by atoms with Crippen molar-refractivity contribution in [3.8, 4) is 22.4 Å². The molecule has 1 aromatic heterocycles. The second-order valence-electron chi connectivity index (χ2n) is 12.7. The minimum absolute atomic E-state index is 0.0333. The molecule has 1 aliphatic heterocycles. The number of hydrogen-bond donors (Lipinski definition) is 1. The lowest BCUT2D eigenvalue weighted by Gasteiger charge is -2.33. The maximum atomic E-state index is 14.2. The highest BCUT2D eigenvalue weighted by Crippen LogP contribution is 2.43. The van der Waals surface area contributed by atoms with Crippen LogP contribution >= 0.6 is 0 Å².